The van der Waals surface area contributed by atoms with Gasteiger partial charge in [-0.1, -0.05) is 48.5 Å². The van der Waals surface area contributed by atoms with E-state index in [-0.39, 0.29) is 5.56 Å². The van der Waals surface area contributed by atoms with Gasteiger partial charge in [0.15, 0.2) is 11.0 Å². The van der Waals surface area contributed by atoms with Crippen molar-refractivity contribution in [2.24, 2.45) is 0 Å². The van der Waals surface area contributed by atoms with Crippen molar-refractivity contribution in [3.8, 4) is 0 Å². The molecular formula is C19H24N4OS. The largest absolute Gasteiger partial charge is 0.303 e. The molecule has 1 saturated heterocycles. The van der Waals surface area contributed by atoms with Gasteiger partial charge in [0.1, 0.15) is 0 Å². The van der Waals surface area contributed by atoms with E-state index in [0.29, 0.717) is 6.42 Å². The van der Waals surface area contributed by atoms with E-state index in [9.17, 15) is 4.79 Å². The molecule has 0 amide bonds. The van der Waals surface area contributed by atoms with Crippen molar-refractivity contribution in [2.45, 2.75) is 43.8 Å². The van der Waals surface area contributed by atoms with Gasteiger partial charge >= 0.3 is 0 Å². The number of piperidine rings is 1. The molecule has 5 nitrogen and oxygen atoms in total. The fourth-order valence-electron chi connectivity index (χ4n) is 3.48. The molecule has 0 saturated carbocycles. The minimum Gasteiger partial charge on any atom is -0.303 e. The predicted octanol–water partition coefficient (Wildman–Crippen LogP) is 3.14. The van der Waals surface area contributed by atoms with E-state index in [2.05, 4.69) is 22.6 Å². The van der Waals surface area contributed by atoms with Gasteiger partial charge in [-0.05, 0) is 24.8 Å². The van der Waals surface area contributed by atoms with E-state index < -0.39 is 0 Å². The normalized spacial score (nSPS) is 17.9. The number of nitrogens with zero attached hydrogens (tertiary/aromatic N) is 3. The van der Waals surface area contributed by atoms with Crippen molar-refractivity contribution in [1.29, 1.82) is 0 Å². The van der Waals surface area contributed by atoms with Gasteiger partial charge in [0.2, 0.25) is 0 Å². The third-order valence-corrected chi connectivity index (χ3v) is 5.89. The molecular weight excluding hydrogens is 332 g/mol. The summed E-state index contributed by atoms with van der Waals surface area (Å²) in [5, 5.41) is 3.07. The summed E-state index contributed by atoms with van der Waals surface area (Å²) in [7, 11) is 0. The first-order valence-corrected chi connectivity index (χ1v) is 10.1. The Labute approximate surface area is 152 Å². The molecule has 0 atom stereocenters. The number of hydrogen-bond acceptors (Lipinski definition) is 5. The molecule has 4 rings (SSSR count). The Morgan fingerprint density at radius 1 is 1.04 bits per heavy atom. The van der Waals surface area contributed by atoms with Crippen LogP contribution in [0.15, 0.2) is 40.3 Å². The van der Waals surface area contributed by atoms with Gasteiger partial charge in [-0.25, -0.2) is 9.99 Å². The van der Waals surface area contributed by atoms with E-state index >= 15 is 0 Å². The predicted molar refractivity (Wildman–Crippen MR) is 102 cm³/mol. The van der Waals surface area contributed by atoms with E-state index in [4.69, 9.17) is 4.98 Å². The molecule has 0 unspecified atom stereocenters. The van der Waals surface area contributed by atoms with Gasteiger partial charge in [-0.2, -0.15) is 0 Å². The van der Waals surface area contributed by atoms with Crippen molar-refractivity contribution in [1.82, 2.24) is 14.6 Å². The first-order valence-electron chi connectivity index (χ1n) is 9.13. The summed E-state index contributed by atoms with van der Waals surface area (Å²) in [5.41, 5.74) is 5.49. The highest BCUT2D eigenvalue weighted by molar-refractivity contribution is 7.99. The summed E-state index contributed by atoms with van der Waals surface area (Å²) in [4.78, 5) is 18.0. The van der Waals surface area contributed by atoms with Gasteiger partial charge < -0.3 is 5.43 Å². The molecule has 2 aliphatic rings. The third-order valence-electron chi connectivity index (χ3n) is 4.83. The van der Waals surface area contributed by atoms with E-state index in [0.717, 1.165) is 53.9 Å². The Morgan fingerprint density at radius 2 is 1.84 bits per heavy atom. The number of hydrazine groups is 1. The molecule has 1 fully saturated rings. The molecule has 6 heteroatoms. The minimum atomic E-state index is 0.112. The Kier molecular flexibility index (Phi) is 5.08. The van der Waals surface area contributed by atoms with Crippen LogP contribution < -0.4 is 11.0 Å². The fourth-order valence-corrected chi connectivity index (χ4v) is 4.42. The molecule has 0 spiro atoms. The van der Waals surface area contributed by atoms with Crippen LogP contribution in [0.5, 0.6) is 0 Å². The van der Waals surface area contributed by atoms with Crippen LogP contribution in [0.3, 0.4) is 0 Å². The Bertz CT molecular complexity index is 784. The lowest BCUT2D eigenvalue weighted by atomic mass is 10.1. The molecule has 1 aromatic carbocycles. The second-order valence-corrected chi connectivity index (χ2v) is 7.76. The Hall–Kier alpha value is -1.79. The molecule has 0 radical (unpaired) electrons. The summed E-state index contributed by atoms with van der Waals surface area (Å²) in [6.07, 6.45) is 5.32. The SMILES string of the molecule is O=c1c(Cc2ccccc2)c(NN2CCCCC2)nc2n1CCCS2. The molecule has 2 aliphatic heterocycles. The molecule has 1 N–H and O–H groups in total. The summed E-state index contributed by atoms with van der Waals surface area (Å²) < 4.78 is 1.85. The fraction of sp³-hybridized carbons (Fsp3) is 0.474. The second kappa shape index (κ2) is 7.62. The lowest BCUT2D eigenvalue weighted by Crippen LogP contribution is -2.38. The minimum absolute atomic E-state index is 0.112. The topological polar surface area (TPSA) is 50.2 Å². The van der Waals surface area contributed by atoms with Gasteiger partial charge in [-0.3, -0.25) is 9.36 Å². The molecule has 25 heavy (non-hydrogen) atoms. The summed E-state index contributed by atoms with van der Waals surface area (Å²) in [6, 6.07) is 10.2. The standard InChI is InChI=1S/C19H24N4OS/c24-18-16(14-15-8-3-1-4-9-15)17(21-22-10-5-2-6-11-22)20-19-23(18)12-7-13-25-19/h1,3-4,8-9,21H,2,5-7,10-14H2. The molecule has 0 aliphatic carbocycles. The number of fused-ring (bicyclic) bond motifs is 1. The van der Waals surface area contributed by atoms with Gasteiger partial charge in [0.25, 0.3) is 5.56 Å². The van der Waals surface area contributed by atoms with Crippen LogP contribution >= 0.6 is 11.8 Å². The molecule has 1 aromatic heterocycles. The highest BCUT2D eigenvalue weighted by atomic mass is 32.2. The maximum atomic E-state index is 13.1. The van der Waals surface area contributed by atoms with Crippen molar-refractivity contribution in [2.75, 3.05) is 24.3 Å². The van der Waals surface area contributed by atoms with Crippen LogP contribution in [0, 0.1) is 0 Å². The number of hydrogen-bond donors (Lipinski definition) is 1. The van der Waals surface area contributed by atoms with Gasteiger partial charge in [-0.15, -0.1) is 0 Å². The zero-order valence-electron chi connectivity index (χ0n) is 14.4. The third kappa shape index (κ3) is 3.75. The number of anilines is 1. The monoisotopic (exact) mass is 356 g/mol. The van der Waals surface area contributed by atoms with E-state index in [1.165, 1.54) is 19.3 Å². The van der Waals surface area contributed by atoms with Crippen molar-refractivity contribution >= 4 is 17.6 Å². The van der Waals surface area contributed by atoms with Crippen molar-refractivity contribution in [3.63, 3.8) is 0 Å². The average molecular weight is 356 g/mol. The average Bonchev–Trinajstić information content (AvgIpc) is 2.67. The summed E-state index contributed by atoms with van der Waals surface area (Å²) >= 11 is 1.69. The van der Waals surface area contributed by atoms with E-state index in [1.54, 1.807) is 11.8 Å². The van der Waals surface area contributed by atoms with E-state index in [1.807, 2.05) is 22.8 Å². The van der Waals surface area contributed by atoms with Crippen molar-refractivity contribution in [3.05, 3.63) is 51.8 Å². The number of nitrogens with one attached hydrogen (secondary N) is 1. The zero-order valence-corrected chi connectivity index (χ0v) is 15.2. The highest BCUT2D eigenvalue weighted by Gasteiger charge is 2.21. The molecule has 2 aromatic rings. The molecule has 0 bridgehead atoms. The number of thioether (sulfide) groups is 1. The molecule has 132 valence electrons. The summed E-state index contributed by atoms with van der Waals surface area (Å²) in [5.74, 6) is 1.78. The van der Waals surface area contributed by atoms with Crippen LogP contribution in [0.4, 0.5) is 5.82 Å². The van der Waals surface area contributed by atoms with Gasteiger partial charge in [0, 0.05) is 31.8 Å². The van der Waals surface area contributed by atoms with Crippen LogP contribution in [0.2, 0.25) is 0 Å². The van der Waals surface area contributed by atoms with Crippen LogP contribution in [-0.2, 0) is 13.0 Å². The summed E-state index contributed by atoms with van der Waals surface area (Å²) in [6.45, 7) is 2.80. The van der Waals surface area contributed by atoms with Crippen LogP contribution in [-0.4, -0.2) is 33.4 Å². The Morgan fingerprint density at radius 3 is 2.64 bits per heavy atom. The molecule has 3 heterocycles. The number of rotatable bonds is 4. The first-order chi connectivity index (χ1) is 12.3. The maximum Gasteiger partial charge on any atom is 0.259 e. The zero-order chi connectivity index (χ0) is 17.1. The van der Waals surface area contributed by atoms with Crippen LogP contribution in [0.1, 0.15) is 36.8 Å². The van der Waals surface area contributed by atoms with Crippen molar-refractivity contribution < 1.29 is 0 Å². The highest BCUT2D eigenvalue weighted by Crippen LogP contribution is 2.25. The smallest absolute Gasteiger partial charge is 0.259 e. The quantitative estimate of drug-likeness (QED) is 0.853. The van der Waals surface area contributed by atoms with Gasteiger partial charge in [0.05, 0.1) is 5.56 Å². The van der Waals surface area contributed by atoms with Crippen LogP contribution in [0.25, 0.3) is 0 Å². The number of aromatic nitrogens is 2. The first kappa shape index (κ1) is 16.7. The number of benzene rings is 1. The Balaban J connectivity index is 1.71. The maximum absolute atomic E-state index is 13.1. The lowest BCUT2D eigenvalue weighted by molar-refractivity contribution is 0.271. The lowest BCUT2D eigenvalue weighted by Gasteiger charge is -2.29. The second-order valence-electron chi connectivity index (χ2n) is 6.70.